The number of allylic oxidation sites excluding steroid dienone is 4. The minimum absolute atomic E-state index is 0.138. The van der Waals surface area contributed by atoms with Crippen molar-refractivity contribution in [3.05, 3.63) is 59.9 Å². The highest BCUT2D eigenvalue weighted by molar-refractivity contribution is 5.55. The molecule has 18 heavy (non-hydrogen) atoms. The van der Waals surface area contributed by atoms with Crippen molar-refractivity contribution in [2.75, 3.05) is 0 Å². The zero-order valence-electron chi connectivity index (χ0n) is 11.1. The maximum absolute atomic E-state index is 2.55. The highest BCUT2D eigenvalue weighted by atomic mass is 15.2. The smallest absolute Gasteiger partial charge is 0.0699 e. The van der Waals surface area contributed by atoms with Crippen LogP contribution in [0.4, 0.5) is 0 Å². The van der Waals surface area contributed by atoms with E-state index in [1.165, 1.54) is 12.8 Å². The number of hydrogen-bond acceptors (Lipinski definition) is 1. The van der Waals surface area contributed by atoms with Gasteiger partial charge in [0, 0.05) is 11.6 Å². The molecule has 3 unspecified atom stereocenters. The quantitative estimate of drug-likeness (QED) is 0.580. The Kier molecular flexibility index (Phi) is 1.79. The number of rotatable bonds is 0. The first-order valence-electron chi connectivity index (χ1n) is 6.91. The second-order valence-corrected chi connectivity index (χ2v) is 6.14. The van der Waals surface area contributed by atoms with Crippen molar-refractivity contribution in [1.82, 2.24) is 4.90 Å². The first-order chi connectivity index (χ1) is 8.67. The Bertz CT molecular complexity index is 560. The number of nitrogens with zero attached hydrogens (tertiary/aromatic N) is 1. The van der Waals surface area contributed by atoms with Crippen LogP contribution in [0.1, 0.15) is 26.7 Å². The van der Waals surface area contributed by atoms with Gasteiger partial charge >= 0.3 is 0 Å². The van der Waals surface area contributed by atoms with Gasteiger partial charge in [-0.15, -0.1) is 0 Å². The van der Waals surface area contributed by atoms with E-state index >= 15 is 0 Å². The van der Waals surface area contributed by atoms with Crippen molar-refractivity contribution < 1.29 is 0 Å². The topological polar surface area (TPSA) is 3.24 Å². The molecule has 0 aromatic rings. The van der Waals surface area contributed by atoms with Gasteiger partial charge in [0.1, 0.15) is 0 Å². The van der Waals surface area contributed by atoms with Crippen molar-refractivity contribution in [3.63, 3.8) is 0 Å². The Morgan fingerprint density at radius 1 is 1.22 bits per heavy atom. The van der Waals surface area contributed by atoms with E-state index in [1.807, 2.05) is 0 Å². The molecule has 0 saturated carbocycles. The molecule has 2 aliphatic heterocycles. The van der Waals surface area contributed by atoms with E-state index in [-0.39, 0.29) is 11.0 Å². The van der Waals surface area contributed by atoms with Crippen LogP contribution in [-0.4, -0.2) is 16.5 Å². The Morgan fingerprint density at radius 2 is 2.11 bits per heavy atom. The molecule has 0 saturated heterocycles. The van der Waals surface area contributed by atoms with E-state index in [0.29, 0.717) is 6.04 Å². The first-order valence-corrected chi connectivity index (χ1v) is 6.91. The van der Waals surface area contributed by atoms with Crippen molar-refractivity contribution in [3.8, 4) is 0 Å². The molecule has 0 amide bonds. The summed E-state index contributed by atoms with van der Waals surface area (Å²) in [6.45, 7) is 4.76. The molecule has 0 N–H and O–H groups in total. The number of hydrogen-bond donors (Lipinski definition) is 0. The van der Waals surface area contributed by atoms with E-state index in [1.54, 1.807) is 11.1 Å². The molecule has 0 bridgehead atoms. The molecular formula is C17H19N. The molecule has 0 fully saturated rings. The van der Waals surface area contributed by atoms with Crippen LogP contribution in [0.25, 0.3) is 0 Å². The Balaban J connectivity index is 1.97. The summed E-state index contributed by atoms with van der Waals surface area (Å²) in [5.74, 6) is 0. The second kappa shape index (κ2) is 3.09. The van der Waals surface area contributed by atoms with Gasteiger partial charge in [-0.05, 0) is 43.9 Å². The van der Waals surface area contributed by atoms with E-state index < -0.39 is 0 Å². The van der Waals surface area contributed by atoms with Gasteiger partial charge in [0.2, 0.25) is 0 Å². The van der Waals surface area contributed by atoms with E-state index in [2.05, 4.69) is 67.5 Å². The summed E-state index contributed by atoms with van der Waals surface area (Å²) in [7, 11) is 0. The van der Waals surface area contributed by atoms with Crippen LogP contribution in [-0.2, 0) is 0 Å². The number of fused-ring (bicyclic) bond motifs is 5. The van der Waals surface area contributed by atoms with Crippen molar-refractivity contribution in [2.24, 2.45) is 5.41 Å². The zero-order chi connectivity index (χ0) is 12.4. The summed E-state index contributed by atoms with van der Waals surface area (Å²) in [5, 5.41) is 0. The second-order valence-electron chi connectivity index (χ2n) is 6.14. The first kappa shape index (κ1) is 10.4. The lowest BCUT2D eigenvalue weighted by Gasteiger charge is -2.63. The van der Waals surface area contributed by atoms with Crippen LogP contribution in [0.15, 0.2) is 59.9 Å². The van der Waals surface area contributed by atoms with Gasteiger partial charge in [0.15, 0.2) is 0 Å². The highest BCUT2D eigenvalue weighted by Crippen LogP contribution is 2.59. The molecule has 4 rings (SSSR count). The van der Waals surface area contributed by atoms with E-state index in [4.69, 9.17) is 0 Å². The van der Waals surface area contributed by atoms with Crippen molar-refractivity contribution >= 4 is 0 Å². The zero-order valence-corrected chi connectivity index (χ0v) is 11.1. The minimum Gasteiger partial charge on any atom is -0.357 e. The molecule has 4 aliphatic rings. The monoisotopic (exact) mass is 237 g/mol. The maximum Gasteiger partial charge on any atom is 0.0699 e. The molecule has 1 heteroatoms. The minimum atomic E-state index is 0.138. The lowest BCUT2D eigenvalue weighted by Crippen LogP contribution is -2.65. The predicted octanol–water partition coefficient (Wildman–Crippen LogP) is 3.74. The van der Waals surface area contributed by atoms with Gasteiger partial charge in [-0.25, -0.2) is 0 Å². The van der Waals surface area contributed by atoms with Gasteiger partial charge < -0.3 is 4.90 Å². The predicted molar refractivity (Wildman–Crippen MR) is 75.0 cm³/mol. The third-order valence-electron chi connectivity index (χ3n) is 5.41. The lowest BCUT2D eigenvalue weighted by atomic mass is 9.53. The maximum atomic E-state index is 2.55. The Labute approximate surface area is 109 Å². The van der Waals surface area contributed by atoms with Crippen LogP contribution in [0.5, 0.6) is 0 Å². The molecule has 3 atom stereocenters. The summed E-state index contributed by atoms with van der Waals surface area (Å²) in [5.41, 5.74) is 3.52. The Morgan fingerprint density at radius 3 is 2.89 bits per heavy atom. The van der Waals surface area contributed by atoms with Gasteiger partial charge in [-0.1, -0.05) is 36.5 Å². The molecule has 0 radical (unpaired) electrons. The van der Waals surface area contributed by atoms with Crippen molar-refractivity contribution in [1.29, 1.82) is 0 Å². The van der Waals surface area contributed by atoms with Gasteiger partial charge in [0.05, 0.1) is 11.6 Å². The van der Waals surface area contributed by atoms with Crippen LogP contribution >= 0.6 is 0 Å². The molecule has 2 heterocycles. The molecule has 0 spiro atoms. The fraction of sp³-hybridized carbons (Fsp3) is 0.412. The van der Waals surface area contributed by atoms with Gasteiger partial charge in [0.25, 0.3) is 0 Å². The fourth-order valence-corrected chi connectivity index (χ4v) is 4.01. The molecular weight excluding hydrogens is 218 g/mol. The molecule has 1 nitrogen and oxygen atoms in total. The summed E-state index contributed by atoms with van der Waals surface area (Å²) < 4.78 is 0. The van der Waals surface area contributed by atoms with Crippen LogP contribution in [0.2, 0.25) is 0 Å². The highest BCUT2D eigenvalue weighted by Gasteiger charge is 2.57. The van der Waals surface area contributed by atoms with Crippen LogP contribution in [0, 0.1) is 5.41 Å². The largest absolute Gasteiger partial charge is 0.357 e. The average molecular weight is 237 g/mol. The third-order valence-corrected chi connectivity index (χ3v) is 5.41. The van der Waals surface area contributed by atoms with Gasteiger partial charge in [-0.3, -0.25) is 0 Å². The van der Waals surface area contributed by atoms with Crippen LogP contribution in [0.3, 0.4) is 0 Å². The summed E-state index contributed by atoms with van der Waals surface area (Å²) >= 11 is 0. The standard InChI is InChI=1S/C17H19N/c1-16-10-11-17(16,2)18-12-6-5-9-15(18)13-7-3-4-8-14(13)16/h4-6,8-12,15H,3,7H2,1-2H3. The molecule has 2 aliphatic carbocycles. The van der Waals surface area contributed by atoms with E-state index in [9.17, 15) is 0 Å². The average Bonchev–Trinajstić information content (AvgIpc) is 2.43. The lowest BCUT2D eigenvalue weighted by molar-refractivity contribution is 0.0635. The fourth-order valence-electron chi connectivity index (χ4n) is 4.01. The SMILES string of the molecule is CC12C=CC1(C)N1C=CC=CC1C1=C2C=CCC1. The van der Waals surface area contributed by atoms with Gasteiger partial charge in [-0.2, -0.15) is 0 Å². The van der Waals surface area contributed by atoms with Crippen molar-refractivity contribution in [2.45, 2.75) is 38.3 Å². The summed E-state index contributed by atoms with van der Waals surface area (Å²) in [6, 6.07) is 0.470. The molecule has 0 aromatic heterocycles. The van der Waals surface area contributed by atoms with E-state index in [0.717, 1.165) is 0 Å². The third kappa shape index (κ3) is 0.959. The normalized spacial score (nSPS) is 43.4. The Hall–Kier alpha value is -1.50. The molecule has 0 aromatic carbocycles. The van der Waals surface area contributed by atoms with Crippen LogP contribution < -0.4 is 0 Å². The summed E-state index contributed by atoms with van der Waals surface area (Å²) in [4.78, 5) is 2.55. The molecule has 92 valence electrons. The summed E-state index contributed by atoms with van der Waals surface area (Å²) in [6.07, 6.45) is 20.9.